The van der Waals surface area contributed by atoms with Gasteiger partial charge in [-0.1, -0.05) is 0 Å². The highest BCUT2D eigenvalue weighted by Gasteiger charge is 2.13. The minimum atomic E-state index is 0. The number of hydrogen-bond acceptors (Lipinski definition) is 3. The van der Waals surface area contributed by atoms with Crippen LogP contribution in [0.25, 0.3) is 0 Å². The number of hydrogen-bond donors (Lipinski definition) is 2. The fourth-order valence-corrected chi connectivity index (χ4v) is 4.01. The summed E-state index contributed by atoms with van der Waals surface area (Å²) in [5, 5.41) is 6.97. The predicted molar refractivity (Wildman–Crippen MR) is 105 cm³/mol. The van der Waals surface area contributed by atoms with E-state index >= 15 is 0 Å². The average Bonchev–Trinajstić information content (AvgIpc) is 2.44. The average molecular weight is 479 g/mol. The van der Waals surface area contributed by atoms with Crippen molar-refractivity contribution >= 4 is 56.7 Å². The van der Waals surface area contributed by atoms with Crippen LogP contribution in [-0.4, -0.2) is 26.2 Å². The molecule has 0 unspecified atom stereocenters. The quantitative estimate of drug-likeness (QED) is 0.629. The van der Waals surface area contributed by atoms with Gasteiger partial charge in [-0.05, 0) is 94.9 Å². The van der Waals surface area contributed by atoms with Gasteiger partial charge >= 0.3 is 0 Å². The van der Waals surface area contributed by atoms with E-state index in [1.807, 2.05) is 6.92 Å². The molecule has 1 aliphatic heterocycles. The highest BCUT2D eigenvalue weighted by molar-refractivity contribution is 9.11. The van der Waals surface area contributed by atoms with Crippen molar-refractivity contribution in [1.29, 1.82) is 0 Å². The van der Waals surface area contributed by atoms with Gasteiger partial charge in [-0.15, -0.1) is 24.8 Å². The van der Waals surface area contributed by atoms with Crippen molar-refractivity contribution in [2.45, 2.75) is 26.3 Å². The van der Waals surface area contributed by atoms with Crippen LogP contribution < -0.4 is 15.4 Å². The normalized spacial score (nSPS) is 14.9. The molecule has 7 heteroatoms. The first-order chi connectivity index (χ1) is 9.70. The Bertz CT molecular complexity index is 421. The van der Waals surface area contributed by atoms with E-state index in [-0.39, 0.29) is 24.8 Å². The number of halogens is 4. The molecule has 2 N–H and O–H groups in total. The van der Waals surface area contributed by atoms with Crippen LogP contribution in [0.15, 0.2) is 21.1 Å². The number of piperidine rings is 1. The zero-order valence-corrected chi connectivity index (χ0v) is 17.5. The molecule has 0 saturated carbocycles. The zero-order chi connectivity index (χ0) is 14.4. The van der Waals surface area contributed by atoms with E-state index in [1.54, 1.807) is 0 Å². The summed E-state index contributed by atoms with van der Waals surface area (Å²) in [6.07, 6.45) is 2.56. The molecule has 128 valence electrons. The molecule has 1 heterocycles. The third kappa shape index (κ3) is 6.93. The van der Waals surface area contributed by atoms with Crippen LogP contribution in [0.1, 0.15) is 25.3 Å². The molecular weight excluding hydrogens is 455 g/mol. The van der Waals surface area contributed by atoms with Crippen LogP contribution in [-0.2, 0) is 6.54 Å². The molecule has 3 nitrogen and oxygen atoms in total. The lowest BCUT2D eigenvalue weighted by molar-refractivity contribution is 0.335. The maximum Gasteiger partial charge on any atom is 0.147 e. The van der Waals surface area contributed by atoms with Crippen molar-refractivity contribution in [3.63, 3.8) is 0 Å². The first-order valence-electron chi connectivity index (χ1n) is 7.23. The summed E-state index contributed by atoms with van der Waals surface area (Å²) in [6.45, 7) is 6.98. The Morgan fingerprint density at radius 1 is 1.18 bits per heavy atom. The van der Waals surface area contributed by atoms with Crippen LogP contribution in [0.5, 0.6) is 5.75 Å². The number of ether oxygens (including phenoxy) is 1. The van der Waals surface area contributed by atoms with Gasteiger partial charge in [0, 0.05) is 6.54 Å². The molecule has 1 aromatic rings. The lowest BCUT2D eigenvalue weighted by Crippen LogP contribution is -2.33. The van der Waals surface area contributed by atoms with Crippen molar-refractivity contribution in [3.8, 4) is 5.75 Å². The van der Waals surface area contributed by atoms with Crippen LogP contribution in [0.2, 0.25) is 0 Å². The Morgan fingerprint density at radius 3 is 2.32 bits per heavy atom. The van der Waals surface area contributed by atoms with Crippen molar-refractivity contribution in [2.75, 3.05) is 26.2 Å². The van der Waals surface area contributed by atoms with E-state index < -0.39 is 0 Å². The zero-order valence-electron chi connectivity index (χ0n) is 12.7. The number of nitrogens with one attached hydrogen (secondary N) is 2. The second kappa shape index (κ2) is 11.9. The molecule has 22 heavy (non-hydrogen) atoms. The van der Waals surface area contributed by atoms with Crippen molar-refractivity contribution in [2.24, 2.45) is 5.92 Å². The van der Waals surface area contributed by atoms with Gasteiger partial charge in [0.25, 0.3) is 0 Å². The summed E-state index contributed by atoms with van der Waals surface area (Å²) < 4.78 is 7.61. The Kier molecular flexibility index (Phi) is 12.2. The second-order valence-corrected chi connectivity index (χ2v) is 6.85. The van der Waals surface area contributed by atoms with Crippen molar-refractivity contribution < 1.29 is 4.74 Å². The minimum Gasteiger partial charge on any atom is -0.492 e. The molecule has 2 rings (SSSR count). The van der Waals surface area contributed by atoms with Gasteiger partial charge in [-0.2, -0.15) is 0 Å². The van der Waals surface area contributed by atoms with E-state index in [2.05, 4.69) is 54.6 Å². The van der Waals surface area contributed by atoms with E-state index in [4.69, 9.17) is 4.74 Å². The lowest BCUT2D eigenvalue weighted by Gasteiger charge is -2.23. The minimum absolute atomic E-state index is 0. The van der Waals surface area contributed by atoms with Crippen LogP contribution in [0.3, 0.4) is 0 Å². The summed E-state index contributed by atoms with van der Waals surface area (Å²) in [7, 11) is 0. The molecule has 0 aromatic heterocycles. The van der Waals surface area contributed by atoms with Gasteiger partial charge in [-0.3, -0.25) is 0 Å². The number of benzene rings is 1. The smallest absolute Gasteiger partial charge is 0.147 e. The summed E-state index contributed by atoms with van der Waals surface area (Å²) in [4.78, 5) is 0. The summed E-state index contributed by atoms with van der Waals surface area (Å²) in [6, 6.07) is 4.26. The fourth-order valence-electron chi connectivity index (χ4n) is 2.50. The maximum atomic E-state index is 5.60. The SMILES string of the molecule is CCOc1c(Br)cc(CNCC2CCNCC2)cc1Br.Cl.Cl. The number of rotatable bonds is 6. The topological polar surface area (TPSA) is 33.3 Å². The van der Waals surface area contributed by atoms with E-state index in [9.17, 15) is 0 Å². The largest absolute Gasteiger partial charge is 0.492 e. The molecule has 1 aliphatic rings. The molecule has 1 aromatic carbocycles. The third-order valence-corrected chi connectivity index (χ3v) is 4.75. The van der Waals surface area contributed by atoms with Crippen molar-refractivity contribution in [3.05, 3.63) is 26.6 Å². The lowest BCUT2D eigenvalue weighted by atomic mass is 9.98. The van der Waals surface area contributed by atoms with E-state index in [0.29, 0.717) is 6.61 Å². The molecule has 1 fully saturated rings. The molecule has 0 atom stereocenters. The standard InChI is InChI=1S/C15H22Br2N2O.2ClH/c1-2-20-15-13(16)7-12(8-14(15)17)10-19-9-11-3-5-18-6-4-11;;/h7-8,11,18-19H,2-6,9-10H2,1H3;2*1H. The van der Waals surface area contributed by atoms with Gasteiger partial charge in [-0.25, -0.2) is 0 Å². The Hall–Kier alpha value is 0.480. The molecule has 1 saturated heterocycles. The molecule has 0 amide bonds. The molecule has 0 spiro atoms. The first kappa shape index (κ1) is 22.5. The Morgan fingerprint density at radius 2 is 1.77 bits per heavy atom. The van der Waals surface area contributed by atoms with Gasteiger partial charge < -0.3 is 15.4 Å². The summed E-state index contributed by atoms with van der Waals surface area (Å²) in [5.41, 5.74) is 1.26. The summed E-state index contributed by atoms with van der Waals surface area (Å²) in [5.74, 6) is 1.69. The fraction of sp³-hybridized carbons (Fsp3) is 0.600. The molecule has 0 aliphatic carbocycles. The third-order valence-electron chi connectivity index (χ3n) is 3.57. The van der Waals surface area contributed by atoms with Crippen molar-refractivity contribution in [1.82, 2.24) is 10.6 Å². The van der Waals surface area contributed by atoms with E-state index in [0.717, 1.165) is 46.8 Å². The van der Waals surface area contributed by atoms with Gasteiger partial charge in [0.1, 0.15) is 5.75 Å². The summed E-state index contributed by atoms with van der Waals surface area (Å²) >= 11 is 7.15. The second-order valence-electron chi connectivity index (χ2n) is 5.15. The molecule has 0 radical (unpaired) electrons. The maximum absolute atomic E-state index is 5.60. The monoisotopic (exact) mass is 476 g/mol. The van der Waals surface area contributed by atoms with Crippen LogP contribution in [0.4, 0.5) is 0 Å². The predicted octanol–water partition coefficient (Wildman–Crippen LogP) is 4.54. The van der Waals surface area contributed by atoms with Gasteiger partial charge in [0.2, 0.25) is 0 Å². The van der Waals surface area contributed by atoms with Crippen LogP contribution in [0, 0.1) is 5.92 Å². The van der Waals surface area contributed by atoms with Gasteiger partial charge in [0.15, 0.2) is 0 Å². The first-order valence-corrected chi connectivity index (χ1v) is 8.81. The molecular formula is C15H24Br2Cl2N2O. The van der Waals surface area contributed by atoms with Gasteiger partial charge in [0.05, 0.1) is 15.6 Å². The highest BCUT2D eigenvalue weighted by atomic mass is 79.9. The van der Waals surface area contributed by atoms with E-state index in [1.165, 1.54) is 18.4 Å². The highest BCUT2D eigenvalue weighted by Crippen LogP contribution is 2.34. The Labute approximate surface area is 162 Å². The Balaban J connectivity index is 0.00000220. The van der Waals surface area contributed by atoms with Crippen LogP contribution >= 0.6 is 56.7 Å². The molecule has 0 bridgehead atoms.